The molecule has 120 valence electrons. The summed E-state index contributed by atoms with van der Waals surface area (Å²) in [7, 11) is 0. The van der Waals surface area contributed by atoms with Gasteiger partial charge in [-0.1, -0.05) is 17.7 Å². The van der Waals surface area contributed by atoms with E-state index in [1.165, 1.54) is 0 Å². The Morgan fingerprint density at radius 3 is 2.74 bits per heavy atom. The van der Waals surface area contributed by atoms with E-state index in [0.717, 1.165) is 11.3 Å². The first-order chi connectivity index (χ1) is 11.1. The molecule has 0 saturated carbocycles. The molecule has 0 bridgehead atoms. The number of rotatable bonds is 5. The van der Waals surface area contributed by atoms with Gasteiger partial charge in [0, 0.05) is 5.02 Å². The van der Waals surface area contributed by atoms with Gasteiger partial charge in [-0.2, -0.15) is 0 Å². The smallest absolute Gasteiger partial charge is 0.258 e. The summed E-state index contributed by atoms with van der Waals surface area (Å²) >= 11 is 5.80. The van der Waals surface area contributed by atoms with Gasteiger partial charge in [-0.25, -0.2) is 0 Å². The Balaban J connectivity index is 1.54. The van der Waals surface area contributed by atoms with Gasteiger partial charge in [0.1, 0.15) is 5.75 Å². The maximum absolute atomic E-state index is 12.0. The lowest BCUT2D eigenvalue weighted by atomic mass is 10.1. The second-order valence-electron chi connectivity index (χ2n) is 5.14. The second kappa shape index (κ2) is 6.79. The molecule has 0 spiro atoms. The van der Waals surface area contributed by atoms with Crippen molar-refractivity contribution in [3.63, 3.8) is 0 Å². The van der Waals surface area contributed by atoms with E-state index in [2.05, 4.69) is 5.32 Å². The Hall–Kier alpha value is -2.40. The van der Waals surface area contributed by atoms with Crippen LogP contribution in [0, 0.1) is 0 Å². The van der Waals surface area contributed by atoms with Gasteiger partial charge in [0.25, 0.3) is 5.91 Å². The molecule has 0 saturated heterocycles. The zero-order valence-electron chi connectivity index (χ0n) is 12.5. The lowest BCUT2D eigenvalue weighted by Gasteiger charge is -2.15. The Labute approximate surface area is 139 Å². The van der Waals surface area contributed by atoms with Crippen LogP contribution >= 0.6 is 11.6 Å². The fraction of sp³-hybridized carbons (Fsp3) is 0.235. The fourth-order valence-corrected chi connectivity index (χ4v) is 2.35. The van der Waals surface area contributed by atoms with E-state index < -0.39 is 0 Å². The molecule has 1 amide bonds. The standard InChI is InChI=1S/C17H16ClNO4/c1-11(12-2-7-15-16(8-12)23-10-22-15)19-17(20)9-21-14-5-3-13(18)4-6-14/h2-8,11H,9-10H2,1H3,(H,19,20)/t11-/m0/s1. The van der Waals surface area contributed by atoms with Gasteiger partial charge in [0.2, 0.25) is 6.79 Å². The van der Waals surface area contributed by atoms with Crippen molar-refractivity contribution in [1.82, 2.24) is 5.32 Å². The van der Waals surface area contributed by atoms with Crippen LogP contribution in [0.15, 0.2) is 42.5 Å². The maximum Gasteiger partial charge on any atom is 0.258 e. The molecule has 3 rings (SSSR count). The molecule has 0 aliphatic carbocycles. The van der Waals surface area contributed by atoms with Gasteiger partial charge in [-0.3, -0.25) is 4.79 Å². The van der Waals surface area contributed by atoms with Gasteiger partial charge >= 0.3 is 0 Å². The Morgan fingerprint density at radius 2 is 1.96 bits per heavy atom. The van der Waals surface area contributed by atoms with Gasteiger partial charge in [-0.05, 0) is 48.9 Å². The van der Waals surface area contributed by atoms with Crippen LogP contribution in [0.2, 0.25) is 5.02 Å². The van der Waals surface area contributed by atoms with Crippen LogP contribution in [-0.4, -0.2) is 19.3 Å². The highest BCUT2D eigenvalue weighted by Crippen LogP contribution is 2.34. The molecule has 0 unspecified atom stereocenters. The number of carbonyl (C=O) groups excluding carboxylic acids is 1. The predicted octanol–water partition coefficient (Wildman–Crippen LogP) is 3.32. The maximum atomic E-state index is 12.0. The highest BCUT2D eigenvalue weighted by atomic mass is 35.5. The third-order valence-electron chi connectivity index (χ3n) is 3.46. The van der Waals surface area contributed by atoms with Crippen LogP contribution < -0.4 is 19.5 Å². The Kier molecular flexibility index (Phi) is 4.57. The number of fused-ring (bicyclic) bond motifs is 1. The van der Waals surface area contributed by atoms with Gasteiger partial charge in [0.15, 0.2) is 18.1 Å². The van der Waals surface area contributed by atoms with Crippen LogP contribution in [0.4, 0.5) is 0 Å². The topological polar surface area (TPSA) is 56.8 Å². The first-order valence-electron chi connectivity index (χ1n) is 7.19. The van der Waals surface area contributed by atoms with Gasteiger partial charge in [-0.15, -0.1) is 0 Å². The van der Waals surface area contributed by atoms with E-state index in [-0.39, 0.29) is 25.3 Å². The molecule has 1 aliphatic heterocycles. The average Bonchev–Trinajstić information content (AvgIpc) is 3.02. The molecule has 1 N–H and O–H groups in total. The quantitative estimate of drug-likeness (QED) is 0.912. The first kappa shape index (κ1) is 15.5. The SMILES string of the molecule is C[C@H](NC(=O)COc1ccc(Cl)cc1)c1ccc2c(c1)OCO2. The summed E-state index contributed by atoms with van der Waals surface area (Å²) in [6.45, 7) is 2.07. The molecule has 2 aromatic carbocycles. The summed E-state index contributed by atoms with van der Waals surface area (Å²) in [6, 6.07) is 12.3. The number of ether oxygens (including phenoxy) is 3. The van der Waals surface area contributed by atoms with E-state index in [1.807, 2.05) is 25.1 Å². The van der Waals surface area contributed by atoms with E-state index in [0.29, 0.717) is 16.5 Å². The summed E-state index contributed by atoms with van der Waals surface area (Å²) in [5.74, 6) is 1.81. The molecule has 23 heavy (non-hydrogen) atoms. The van der Waals surface area contributed by atoms with Crippen LogP contribution in [0.5, 0.6) is 17.2 Å². The molecule has 1 atom stereocenters. The summed E-state index contributed by atoms with van der Waals surface area (Å²) in [4.78, 5) is 12.0. The molecular weight excluding hydrogens is 318 g/mol. The van der Waals surface area contributed by atoms with E-state index in [4.69, 9.17) is 25.8 Å². The molecule has 1 heterocycles. The lowest BCUT2D eigenvalue weighted by Crippen LogP contribution is -2.31. The van der Waals surface area contributed by atoms with Gasteiger partial charge < -0.3 is 19.5 Å². The second-order valence-corrected chi connectivity index (χ2v) is 5.58. The summed E-state index contributed by atoms with van der Waals surface area (Å²) < 4.78 is 16.0. The average molecular weight is 334 g/mol. The normalized spacial score (nSPS) is 13.5. The van der Waals surface area contributed by atoms with Crippen molar-refractivity contribution >= 4 is 17.5 Å². The van der Waals surface area contributed by atoms with E-state index in [1.54, 1.807) is 24.3 Å². The minimum absolute atomic E-state index is 0.0590. The fourth-order valence-electron chi connectivity index (χ4n) is 2.23. The van der Waals surface area contributed by atoms with Crippen molar-refractivity contribution in [3.05, 3.63) is 53.1 Å². The molecular formula is C17H16ClNO4. The largest absolute Gasteiger partial charge is 0.484 e. The number of benzene rings is 2. The zero-order chi connectivity index (χ0) is 16.2. The molecule has 5 nitrogen and oxygen atoms in total. The van der Waals surface area contributed by atoms with Crippen molar-refractivity contribution in [1.29, 1.82) is 0 Å². The van der Waals surface area contributed by atoms with Crippen molar-refractivity contribution in [2.45, 2.75) is 13.0 Å². The molecule has 0 radical (unpaired) electrons. The minimum Gasteiger partial charge on any atom is -0.484 e. The molecule has 0 aromatic heterocycles. The third-order valence-corrected chi connectivity index (χ3v) is 3.71. The van der Waals surface area contributed by atoms with Gasteiger partial charge in [0.05, 0.1) is 6.04 Å². The number of carbonyl (C=O) groups is 1. The first-order valence-corrected chi connectivity index (χ1v) is 7.57. The minimum atomic E-state index is -0.204. The van der Waals surface area contributed by atoms with E-state index >= 15 is 0 Å². The molecule has 1 aliphatic rings. The highest BCUT2D eigenvalue weighted by Gasteiger charge is 2.17. The number of halogens is 1. The molecule has 2 aromatic rings. The zero-order valence-corrected chi connectivity index (χ0v) is 13.3. The summed E-state index contributed by atoms with van der Waals surface area (Å²) in [5.41, 5.74) is 0.939. The monoisotopic (exact) mass is 333 g/mol. The molecule has 0 fully saturated rings. The summed E-state index contributed by atoms with van der Waals surface area (Å²) in [6.07, 6.45) is 0. The van der Waals surface area contributed by atoms with Crippen LogP contribution in [0.3, 0.4) is 0 Å². The van der Waals surface area contributed by atoms with Crippen LogP contribution in [-0.2, 0) is 4.79 Å². The summed E-state index contributed by atoms with van der Waals surface area (Å²) in [5, 5.41) is 3.51. The Morgan fingerprint density at radius 1 is 1.22 bits per heavy atom. The van der Waals surface area contributed by atoms with Crippen molar-refractivity contribution in [2.75, 3.05) is 13.4 Å². The predicted molar refractivity (Wildman–Crippen MR) is 86.1 cm³/mol. The lowest BCUT2D eigenvalue weighted by molar-refractivity contribution is -0.123. The number of nitrogens with one attached hydrogen (secondary N) is 1. The number of hydrogen-bond acceptors (Lipinski definition) is 4. The molecule has 6 heteroatoms. The van der Waals surface area contributed by atoms with Crippen molar-refractivity contribution in [3.8, 4) is 17.2 Å². The number of hydrogen-bond donors (Lipinski definition) is 1. The van der Waals surface area contributed by atoms with Crippen LogP contribution in [0.25, 0.3) is 0 Å². The third kappa shape index (κ3) is 3.87. The number of amides is 1. The van der Waals surface area contributed by atoms with Crippen LogP contribution in [0.1, 0.15) is 18.5 Å². The van der Waals surface area contributed by atoms with E-state index in [9.17, 15) is 4.79 Å². The van der Waals surface area contributed by atoms with Crippen molar-refractivity contribution < 1.29 is 19.0 Å². The van der Waals surface area contributed by atoms with Crippen molar-refractivity contribution in [2.24, 2.45) is 0 Å². The highest BCUT2D eigenvalue weighted by molar-refractivity contribution is 6.30. The Bertz CT molecular complexity index is 702.